The molecule has 1 amide bonds. The molecule has 9 heteroatoms. The maximum absolute atomic E-state index is 13.0. The van der Waals surface area contributed by atoms with E-state index < -0.39 is 20.0 Å². The van der Waals surface area contributed by atoms with Gasteiger partial charge in [-0.3, -0.25) is 13.8 Å². The van der Waals surface area contributed by atoms with Crippen LogP contribution in [0.15, 0.2) is 85.1 Å². The van der Waals surface area contributed by atoms with Crippen molar-refractivity contribution in [2.24, 2.45) is 0 Å². The molecular weight excluding hydrogens is 876 g/mol. The van der Waals surface area contributed by atoms with Crippen LogP contribution in [0.1, 0.15) is 239 Å². The van der Waals surface area contributed by atoms with Gasteiger partial charge in [0.2, 0.25) is 5.91 Å². The Morgan fingerprint density at radius 3 is 1.28 bits per heavy atom. The molecule has 3 N–H and O–H groups in total. The molecule has 0 fully saturated rings. The minimum Gasteiger partial charge on any atom is -0.387 e. The highest BCUT2D eigenvalue weighted by Crippen LogP contribution is 2.43. The molecule has 0 spiro atoms. The van der Waals surface area contributed by atoms with Crippen LogP contribution < -0.4 is 5.32 Å². The number of allylic oxidation sites excluding steroid dienone is 13. The fourth-order valence-electron chi connectivity index (χ4n) is 7.93. The van der Waals surface area contributed by atoms with Crippen LogP contribution in [0.3, 0.4) is 0 Å². The van der Waals surface area contributed by atoms with Crippen LogP contribution in [0.25, 0.3) is 0 Å². The van der Waals surface area contributed by atoms with E-state index in [0.29, 0.717) is 17.4 Å². The standard InChI is InChI=1S/C60H109N2O6P/c1-6-8-10-12-14-16-18-20-22-24-26-28-30-32-33-35-37-39-41-43-45-47-49-51-53-59(63)58(57-68-69(65,66)67-56-55-62(3,4)5)61-60(64)54-52-50-48-46-44-42-40-38-36-34-31-29-27-25-23-21-19-17-15-13-11-9-7-2/h9,11,15,17,21,23,27,29,34,36,40,42,51,53,58-59,63H,6-8,10,12-14,16,18-20,22,24-26,28,30-33,35,37-39,41,43-50,52,54-57H2,1-5H3,(H-,61,64,65,66)/p+1/b11-9-,17-15-,23-21-,29-27-,36-34-,42-40-,53-51+. The first-order chi connectivity index (χ1) is 33.5. The molecule has 0 aromatic rings. The normalized spacial score (nSPS) is 14.6. The summed E-state index contributed by atoms with van der Waals surface area (Å²) in [5.41, 5.74) is 0. The molecule has 3 unspecified atom stereocenters. The molecule has 0 aliphatic carbocycles. The van der Waals surface area contributed by atoms with Gasteiger partial charge in [0.05, 0.1) is 39.9 Å². The summed E-state index contributed by atoms with van der Waals surface area (Å²) < 4.78 is 23.7. The van der Waals surface area contributed by atoms with Crippen molar-refractivity contribution in [3.05, 3.63) is 85.1 Å². The average Bonchev–Trinajstić information content (AvgIpc) is 3.31. The number of carbonyl (C=O) groups excluding carboxylic acids is 1. The highest BCUT2D eigenvalue weighted by atomic mass is 31.2. The topological polar surface area (TPSA) is 105 Å². The second-order valence-corrected chi connectivity index (χ2v) is 21.7. The molecule has 0 aromatic carbocycles. The van der Waals surface area contributed by atoms with Gasteiger partial charge in [-0.25, -0.2) is 4.57 Å². The van der Waals surface area contributed by atoms with Crippen LogP contribution in [-0.4, -0.2) is 73.4 Å². The molecule has 0 aromatic heterocycles. The lowest BCUT2D eigenvalue weighted by Crippen LogP contribution is -2.45. The molecule has 8 nitrogen and oxygen atoms in total. The number of hydrogen-bond acceptors (Lipinski definition) is 5. The van der Waals surface area contributed by atoms with Crippen LogP contribution >= 0.6 is 7.82 Å². The van der Waals surface area contributed by atoms with E-state index in [9.17, 15) is 19.4 Å². The van der Waals surface area contributed by atoms with Gasteiger partial charge in [0.1, 0.15) is 13.2 Å². The molecule has 0 aliphatic rings. The summed E-state index contributed by atoms with van der Waals surface area (Å²) in [5.74, 6) is -0.202. The number of aliphatic hydroxyl groups excluding tert-OH is 1. The number of aliphatic hydroxyl groups is 1. The summed E-state index contributed by atoms with van der Waals surface area (Å²) in [6, 6.07) is -0.867. The van der Waals surface area contributed by atoms with E-state index in [2.05, 4.69) is 92.1 Å². The molecular formula is C60H110N2O6P+. The summed E-state index contributed by atoms with van der Waals surface area (Å²) in [6.07, 6.45) is 71.1. The zero-order chi connectivity index (χ0) is 50.6. The van der Waals surface area contributed by atoms with E-state index in [4.69, 9.17) is 9.05 Å². The first-order valence-electron chi connectivity index (χ1n) is 28.5. The van der Waals surface area contributed by atoms with E-state index in [0.717, 1.165) is 89.9 Å². The number of carbonyl (C=O) groups is 1. The summed E-state index contributed by atoms with van der Waals surface area (Å²) in [7, 11) is 1.55. The third kappa shape index (κ3) is 53.3. The van der Waals surface area contributed by atoms with Crippen molar-refractivity contribution in [1.82, 2.24) is 5.32 Å². The number of rotatable bonds is 51. The van der Waals surface area contributed by atoms with E-state index >= 15 is 0 Å². The van der Waals surface area contributed by atoms with Gasteiger partial charge in [0, 0.05) is 6.42 Å². The first-order valence-corrected chi connectivity index (χ1v) is 30.0. The fourth-order valence-corrected chi connectivity index (χ4v) is 8.66. The lowest BCUT2D eigenvalue weighted by atomic mass is 10.0. The van der Waals surface area contributed by atoms with Crippen molar-refractivity contribution in [2.75, 3.05) is 40.9 Å². The highest BCUT2D eigenvalue weighted by Gasteiger charge is 2.27. The van der Waals surface area contributed by atoms with E-state index in [-0.39, 0.29) is 19.1 Å². The highest BCUT2D eigenvalue weighted by molar-refractivity contribution is 7.47. The molecule has 69 heavy (non-hydrogen) atoms. The molecule has 0 saturated heterocycles. The Hall–Kier alpha value is -2.32. The third-order valence-electron chi connectivity index (χ3n) is 12.4. The van der Waals surface area contributed by atoms with Crippen molar-refractivity contribution in [1.29, 1.82) is 0 Å². The Kier molecular flexibility index (Phi) is 48.9. The van der Waals surface area contributed by atoms with Crippen LogP contribution in [0.2, 0.25) is 0 Å². The number of phosphoric ester groups is 1. The molecule has 0 heterocycles. The van der Waals surface area contributed by atoms with Gasteiger partial charge in [-0.2, -0.15) is 0 Å². The summed E-state index contributed by atoms with van der Waals surface area (Å²) in [5, 5.41) is 13.9. The Morgan fingerprint density at radius 2 is 0.870 bits per heavy atom. The SMILES string of the molecule is CC/C=C\C/C=C\C/C=C\C/C=C\C/C=C\C/C=C\CCCCCCC(=O)NC(COP(=O)(O)OCC[N+](C)(C)C)C(O)/C=C/CCCCCCCCCCCCCCCCCCCCCCCC. The molecule has 0 aliphatic heterocycles. The average molecular weight is 987 g/mol. The number of nitrogens with zero attached hydrogens (tertiary/aromatic N) is 1. The predicted octanol–water partition coefficient (Wildman–Crippen LogP) is 17.3. The molecule has 0 saturated carbocycles. The maximum Gasteiger partial charge on any atom is 0.472 e. The van der Waals surface area contributed by atoms with Gasteiger partial charge in [0.25, 0.3) is 0 Å². The predicted molar refractivity (Wildman–Crippen MR) is 299 cm³/mol. The monoisotopic (exact) mass is 986 g/mol. The summed E-state index contributed by atoms with van der Waals surface area (Å²) >= 11 is 0. The van der Waals surface area contributed by atoms with E-state index in [1.165, 1.54) is 128 Å². The van der Waals surface area contributed by atoms with Gasteiger partial charge >= 0.3 is 7.82 Å². The van der Waals surface area contributed by atoms with Crippen LogP contribution in [0.5, 0.6) is 0 Å². The summed E-state index contributed by atoms with van der Waals surface area (Å²) in [6.45, 7) is 4.69. The van der Waals surface area contributed by atoms with Crippen molar-refractivity contribution in [3.63, 3.8) is 0 Å². The Morgan fingerprint density at radius 1 is 0.507 bits per heavy atom. The molecule has 400 valence electrons. The van der Waals surface area contributed by atoms with E-state index in [1.807, 2.05) is 27.2 Å². The van der Waals surface area contributed by atoms with Crippen LogP contribution in [0.4, 0.5) is 0 Å². The number of likely N-dealkylation sites (N-methyl/N-ethyl adjacent to an activating group) is 1. The minimum atomic E-state index is -4.36. The summed E-state index contributed by atoms with van der Waals surface area (Å²) in [4.78, 5) is 23.3. The second-order valence-electron chi connectivity index (χ2n) is 20.3. The smallest absolute Gasteiger partial charge is 0.387 e. The van der Waals surface area contributed by atoms with Gasteiger partial charge < -0.3 is 19.8 Å². The largest absolute Gasteiger partial charge is 0.472 e. The number of nitrogens with one attached hydrogen (secondary N) is 1. The quantitative estimate of drug-likeness (QED) is 0.0243. The molecule has 3 atom stereocenters. The maximum atomic E-state index is 13.0. The number of quaternary nitrogens is 1. The van der Waals surface area contributed by atoms with Crippen molar-refractivity contribution in [2.45, 2.75) is 251 Å². The lowest BCUT2D eigenvalue weighted by molar-refractivity contribution is -0.870. The first kappa shape index (κ1) is 66.7. The van der Waals surface area contributed by atoms with Crippen LogP contribution in [0, 0.1) is 0 Å². The third-order valence-corrected chi connectivity index (χ3v) is 13.4. The number of hydrogen-bond donors (Lipinski definition) is 3. The number of amides is 1. The second kappa shape index (κ2) is 50.6. The molecule has 0 bridgehead atoms. The van der Waals surface area contributed by atoms with Gasteiger partial charge in [-0.1, -0.05) is 247 Å². The Bertz CT molecular complexity index is 1400. The van der Waals surface area contributed by atoms with Crippen molar-refractivity contribution < 1.29 is 32.9 Å². The van der Waals surface area contributed by atoms with Gasteiger partial charge in [-0.05, 0) is 70.6 Å². The van der Waals surface area contributed by atoms with Crippen LogP contribution in [-0.2, 0) is 18.4 Å². The van der Waals surface area contributed by atoms with E-state index in [1.54, 1.807) is 6.08 Å². The Labute approximate surface area is 426 Å². The van der Waals surface area contributed by atoms with Crippen molar-refractivity contribution >= 4 is 13.7 Å². The zero-order valence-electron chi connectivity index (χ0n) is 45.5. The Balaban J connectivity index is 4.31. The number of phosphoric acid groups is 1. The zero-order valence-corrected chi connectivity index (χ0v) is 46.4. The molecule has 0 rings (SSSR count). The van der Waals surface area contributed by atoms with Crippen molar-refractivity contribution in [3.8, 4) is 0 Å². The lowest BCUT2D eigenvalue weighted by Gasteiger charge is -2.25. The number of unbranched alkanes of at least 4 members (excludes halogenated alkanes) is 26. The fraction of sp³-hybridized carbons (Fsp3) is 0.750. The van der Waals surface area contributed by atoms with Gasteiger partial charge in [0.15, 0.2) is 0 Å². The molecule has 0 radical (unpaired) electrons. The van der Waals surface area contributed by atoms with Gasteiger partial charge in [-0.15, -0.1) is 0 Å². The minimum absolute atomic E-state index is 0.0520.